The van der Waals surface area contributed by atoms with Gasteiger partial charge in [-0.3, -0.25) is 9.48 Å². The minimum atomic E-state index is 0.0362. The molecule has 0 aliphatic heterocycles. The van der Waals surface area contributed by atoms with Crippen LogP contribution in [0.1, 0.15) is 55.1 Å². The largest absolute Gasteiger partial charge is 0.349 e. The second-order valence-electron chi connectivity index (χ2n) is 4.79. The van der Waals surface area contributed by atoms with Crippen LogP contribution >= 0.6 is 0 Å². The third-order valence-corrected chi connectivity index (χ3v) is 3.46. The molecule has 0 unspecified atom stereocenters. The van der Waals surface area contributed by atoms with Gasteiger partial charge in [-0.25, -0.2) is 0 Å². The summed E-state index contributed by atoms with van der Waals surface area (Å²) in [5, 5.41) is 7.42. The van der Waals surface area contributed by atoms with E-state index in [1.54, 1.807) is 0 Å². The molecule has 4 heteroatoms. The van der Waals surface area contributed by atoms with Gasteiger partial charge in [0.1, 0.15) is 0 Å². The minimum absolute atomic E-state index is 0.0362. The highest BCUT2D eigenvalue weighted by Crippen LogP contribution is 2.18. The predicted octanol–water partition coefficient (Wildman–Crippen LogP) is 2.27. The molecule has 1 aliphatic carbocycles. The Bertz CT molecular complexity index is 391. The maximum Gasteiger partial charge on any atom is 0.254 e. The Balaban J connectivity index is 2.00. The second kappa shape index (κ2) is 5.34. The van der Waals surface area contributed by atoms with Gasteiger partial charge in [0.2, 0.25) is 0 Å². The van der Waals surface area contributed by atoms with Crippen molar-refractivity contribution in [3.05, 3.63) is 17.5 Å². The molecule has 0 spiro atoms. The van der Waals surface area contributed by atoms with Crippen LogP contribution in [-0.4, -0.2) is 21.7 Å². The van der Waals surface area contributed by atoms with Crippen molar-refractivity contribution < 1.29 is 4.79 Å². The van der Waals surface area contributed by atoms with Gasteiger partial charge in [0, 0.05) is 18.8 Å². The number of hydrogen-bond donors (Lipinski definition) is 1. The number of aryl methyl sites for hydroxylation is 2. The molecule has 1 aromatic rings. The van der Waals surface area contributed by atoms with Crippen molar-refractivity contribution in [2.75, 3.05) is 0 Å². The van der Waals surface area contributed by atoms with E-state index in [4.69, 9.17) is 0 Å². The van der Waals surface area contributed by atoms with Gasteiger partial charge in [0.05, 0.1) is 11.3 Å². The molecule has 2 rings (SSSR count). The Morgan fingerprint density at radius 3 is 2.76 bits per heavy atom. The second-order valence-corrected chi connectivity index (χ2v) is 4.79. The third kappa shape index (κ3) is 2.87. The maximum absolute atomic E-state index is 12.1. The zero-order chi connectivity index (χ0) is 12.3. The van der Waals surface area contributed by atoms with E-state index < -0.39 is 0 Å². The van der Waals surface area contributed by atoms with Crippen molar-refractivity contribution in [1.82, 2.24) is 15.1 Å². The SMILES string of the molecule is CCn1cc(C(=O)NC2CCCCC2)c(C)n1. The normalized spacial score (nSPS) is 17.1. The maximum atomic E-state index is 12.1. The van der Waals surface area contributed by atoms with Crippen molar-refractivity contribution in [1.29, 1.82) is 0 Å². The Morgan fingerprint density at radius 1 is 1.47 bits per heavy atom. The number of amides is 1. The van der Waals surface area contributed by atoms with E-state index in [-0.39, 0.29) is 5.91 Å². The Hall–Kier alpha value is -1.32. The van der Waals surface area contributed by atoms with Crippen LogP contribution in [0, 0.1) is 6.92 Å². The summed E-state index contributed by atoms with van der Waals surface area (Å²) in [5.41, 5.74) is 1.54. The van der Waals surface area contributed by atoms with Gasteiger partial charge < -0.3 is 5.32 Å². The van der Waals surface area contributed by atoms with Gasteiger partial charge in [-0.2, -0.15) is 5.10 Å². The molecule has 0 radical (unpaired) electrons. The highest BCUT2D eigenvalue weighted by atomic mass is 16.1. The lowest BCUT2D eigenvalue weighted by Crippen LogP contribution is -2.36. The fraction of sp³-hybridized carbons (Fsp3) is 0.692. The molecule has 1 aromatic heterocycles. The fourth-order valence-corrected chi connectivity index (χ4v) is 2.41. The Labute approximate surface area is 102 Å². The van der Waals surface area contributed by atoms with Gasteiger partial charge in [-0.15, -0.1) is 0 Å². The molecule has 17 heavy (non-hydrogen) atoms. The first-order chi connectivity index (χ1) is 8.20. The third-order valence-electron chi connectivity index (χ3n) is 3.46. The topological polar surface area (TPSA) is 46.9 Å². The summed E-state index contributed by atoms with van der Waals surface area (Å²) in [7, 11) is 0. The van der Waals surface area contributed by atoms with Gasteiger partial charge in [-0.05, 0) is 26.7 Å². The van der Waals surface area contributed by atoms with Crippen LogP contribution in [0.4, 0.5) is 0 Å². The number of hydrogen-bond acceptors (Lipinski definition) is 2. The van der Waals surface area contributed by atoms with Gasteiger partial charge in [0.15, 0.2) is 0 Å². The number of rotatable bonds is 3. The van der Waals surface area contributed by atoms with Crippen LogP contribution < -0.4 is 5.32 Å². The molecular weight excluding hydrogens is 214 g/mol. The molecule has 1 aliphatic rings. The van der Waals surface area contributed by atoms with E-state index in [1.807, 2.05) is 24.7 Å². The molecule has 4 nitrogen and oxygen atoms in total. The van der Waals surface area contributed by atoms with Crippen LogP contribution in [0.15, 0.2) is 6.20 Å². The van der Waals surface area contributed by atoms with Crippen LogP contribution in [-0.2, 0) is 6.54 Å². The molecule has 0 atom stereocenters. The summed E-state index contributed by atoms with van der Waals surface area (Å²) in [5.74, 6) is 0.0362. The molecular formula is C13H21N3O. The Kier molecular flexibility index (Phi) is 3.82. The quantitative estimate of drug-likeness (QED) is 0.873. The first kappa shape index (κ1) is 12.1. The summed E-state index contributed by atoms with van der Waals surface area (Å²) < 4.78 is 1.81. The van der Waals surface area contributed by atoms with Gasteiger partial charge >= 0.3 is 0 Å². The highest BCUT2D eigenvalue weighted by molar-refractivity contribution is 5.95. The van der Waals surface area contributed by atoms with Crippen LogP contribution in [0.5, 0.6) is 0 Å². The lowest BCUT2D eigenvalue weighted by Gasteiger charge is -2.22. The lowest BCUT2D eigenvalue weighted by atomic mass is 9.95. The molecule has 1 N–H and O–H groups in total. The summed E-state index contributed by atoms with van der Waals surface area (Å²) in [6, 6.07) is 0.362. The standard InChI is InChI=1S/C13H21N3O/c1-3-16-9-12(10(2)15-16)13(17)14-11-7-5-4-6-8-11/h9,11H,3-8H2,1-2H3,(H,14,17). The van der Waals surface area contributed by atoms with E-state index in [9.17, 15) is 4.79 Å². The summed E-state index contributed by atoms with van der Waals surface area (Å²) >= 11 is 0. The number of nitrogens with one attached hydrogen (secondary N) is 1. The summed E-state index contributed by atoms with van der Waals surface area (Å²) in [6.45, 7) is 4.72. The smallest absolute Gasteiger partial charge is 0.254 e. The zero-order valence-electron chi connectivity index (χ0n) is 10.7. The van der Waals surface area contributed by atoms with E-state index in [2.05, 4.69) is 10.4 Å². The monoisotopic (exact) mass is 235 g/mol. The molecule has 0 saturated heterocycles. The number of aromatic nitrogens is 2. The van der Waals surface area contributed by atoms with Gasteiger partial charge in [0.25, 0.3) is 5.91 Å². The van der Waals surface area contributed by atoms with Crippen molar-refractivity contribution in [3.63, 3.8) is 0 Å². The van der Waals surface area contributed by atoms with Crippen molar-refractivity contribution in [2.24, 2.45) is 0 Å². The van der Waals surface area contributed by atoms with E-state index in [0.29, 0.717) is 6.04 Å². The molecule has 1 amide bonds. The number of carbonyl (C=O) groups is 1. The molecule has 94 valence electrons. The van der Waals surface area contributed by atoms with Crippen LogP contribution in [0.25, 0.3) is 0 Å². The minimum Gasteiger partial charge on any atom is -0.349 e. The average Bonchev–Trinajstić information content (AvgIpc) is 2.72. The molecule has 0 bridgehead atoms. The predicted molar refractivity (Wildman–Crippen MR) is 67.0 cm³/mol. The highest BCUT2D eigenvalue weighted by Gasteiger charge is 2.19. The first-order valence-corrected chi connectivity index (χ1v) is 6.55. The molecule has 1 saturated carbocycles. The van der Waals surface area contributed by atoms with Crippen LogP contribution in [0.2, 0.25) is 0 Å². The van der Waals surface area contributed by atoms with E-state index >= 15 is 0 Å². The zero-order valence-corrected chi connectivity index (χ0v) is 10.7. The van der Waals surface area contributed by atoms with Crippen molar-refractivity contribution in [3.8, 4) is 0 Å². The lowest BCUT2D eigenvalue weighted by molar-refractivity contribution is 0.0927. The van der Waals surface area contributed by atoms with E-state index in [1.165, 1.54) is 19.3 Å². The van der Waals surface area contributed by atoms with Crippen molar-refractivity contribution >= 4 is 5.91 Å². The fourth-order valence-electron chi connectivity index (χ4n) is 2.41. The van der Waals surface area contributed by atoms with Crippen LogP contribution in [0.3, 0.4) is 0 Å². The number of nitrogens with zero attached hydrogens (tertiary/aromatic N) is 2. The molecule has 0 aromatic carbocycles. The molecule has 1 heterocycles. The number of carbonyl (C=O) groups excluding carboxylic acids is 1. The van der Waals surface area contributed by atoms with E-state index in [0.717, 1.165) is 30.6 Å². The van der Waals surface area contributed by atoms with Gasteiger partial charge in [-0.1, -0.05) is 19.3 Å². The molecule has 1 fully saturated rings. The summed E-state index contributed by atoms with van der Waals surface area (Å²) in [4.78, 5) is 12.1. The van der Waals surface area contributed by atoms with Crippen molar-refractivity contribution in [2.45, 2.75) is 58.5 Å². The average molecular weight is 235 g/mol. The Morgan fingerprint density at radius 2 is 2.18 bits per heavy atom. The summed E-state index contributed by atoms with van der Waals surface area (Å²) in [6.07, 6.45) is 7.85. The first-order valence-electron chi connectivity index (χ1n) is 6.55.